The van der Waals surface area contributed by atoms with Crippen molar-refractivity contribution in [1.82, 2.24) is 0 Å². The number of hydrogen-bond acceptors (Lipinski definition) is 3. The van der Waals surface area contributed by atoms with Crippen LogP contribution in [-0.4, -0.2) is 22.6 Å². The van der Waals surface area contributed by atoms with Crippen molar-refractivity contribution in [3.63, 3.8) is 0 Å². The van der Waals surface area contributed by atoms with E-state index in [4.69, 9.17) is 9.47 Å². The Morgan fingerprint density at radius 2 is 1.88 bits per heavy atom. The molecule has 10 atom stereocenters. The lowest BCUT2D eigenvalue weighted by atomic mass is 9.44. The van der Waals surface area contributed by atoms with E-state index in [-0.39, 0.29) is 12.1 Å². The third-order valence-electron chi connectivity index (χ3n) is 11.3. The van der Waals surface area contributed by atoms with Gasteiger partial charge in [-0.1, -0.05) is 43.4 Å². The minimum absolute atomic E-state index is 0.102. The van der Waals surface area contributed by atoms with Crippen molar-refractivity contribution < 1.29 is 14.3 Å². The Kier molecular flexibility index (Phi) is 6.66. The number of alkyl halides is 1. The number of esters is 1. The highest BCUT2D eigenvalue weighted by molar-refractivity contribution is 14.1. The van der Waals surface area contributed by atoms with E-state index in [1.165, 1.54) is 55.1 Å². The van der Waals surface area contributed by atoms with E-state index in [2.05, 4.69) is 50.3 Å². The number of rotatable bonds is 5. The zero-order valence-electron chi connectivity index (χ0n) is 21.5. The highest BCUT2D eigenvalue weighted by Crippen LogP contribution is 2.69. The summed E-state index contributed by atoms with van der Waals surface area (Å²) < 4.78 is 13.6. The highest BCUT2D eigenvalue weighted by atomic mass is 127. The number of carbonyl (C=O) groups excluding carboxylic acids is 1. The maximum absolute atomic E-state index is 11.5. The van der Waals surface area contributed by atoms with Crippen LogP contribution < -0.4 is 0 Å². The minimum atomic E-state index is -0.102. The Balaban J connectivity index is 1.32. The van der Waals surface area contributed by atoms with Crippen molar-refractivity contribution in [3.8, 4) is 0 Å². The summed E-state index contributed by atoms with van der Waals surface area (Å²) >= 11 is 2.52. The number of fused-ring (bicyclic) bond motifs is 7. The quantitative estimate of drug-likeness (QED) is 0.194. The van der Waals surface area contributed by atoms with Crippen molar-refractivity contribution in [2.45, 2.75) is 111 Å². The number of ether oxygens (including phenoxy) is 2. The average Bonchev–Trinajstić information content (AvgIpc) is 3.25. The van der Waals surface area contributed by atoms with E-state index in [9.17, 15) is 4.79 Å². The lowest BCUT2D eigenvalue weighted by Crippen LogP contribution is -2.54. The predicted molar refractivity (Wildman–Crippen MR) is 141 cm³/mol. The summed E-state index contributed by atoms with van der Waals surface area (Å²) in [4.78, 5) is 11.5. The molecule has 33 heavy (non-hydrogen) atoms. The Bertz CT molecular complexity index is 807. The molecule has 4 heteroatoms. The SMILES string of the molecule is CC(=O)O[C@H]1CC[C@@]2(C)[C@H](CC[C@@H]3[C@@H]2CC[C@@]2(C)[C@H]3C[C@@H]3OC(CC[C@H](C)CI)=C(C)[C@@H]32)C1. The molecule has 4 fully saturated rings. The molecule has 4 saturated carbocycles. The van der Waals surface area contributed by atoms with Crippen LogP contribution in [0.2, 0.25) is 0 Å². The second-order valence-corrected chi connectivity index (χ2v) is 13.9. The molecule has 0 radical (unpaired) electrons. The van der Waals surface area contributed by atoms with Gasteiger partial charge < -0.3 is 9.47 Å². The summed E-state index contributed by atoms with van der Waals surface area (Å²) in [5, 5.41) is 0. The molecule has 0 N–H and O–H groups in total. The third-order valence-corrected chi connectivity index (χ3v) is 12.8. The van der Waals surface area contributed by atoms with E-state index in [0.29, 0.717) is 22.9 Å². The van der Waals surface area contributed by atoms with Crippen LogP contribution >= 0.6 is 22.6 Å². The van der Waals surface area contributed by atoms with Gasteiger partial charge in [0.1, 0.15) is 12.2 Å². The van der Waals surface area contributed by atoms with E-state index < -0.39 is 0 Å². The largest absolute Gasteiger partial charge is 0.494 e. The van der Waals surface area contributed by atoms with Crippen LogP contribution in [0.25, 0.3) is 0 Å². The van der Waals surface area contributed by atoms with Crippen molar-refractivity contribution in [2.75, 3.05) is 4.43 Å². The van der Waals surface area contributed by atoms with Gasteiger partial charge in [0, 0.05) is 23.7 Å². The summed E-state index contributed by atoms with van der Waals surface area (Å²) in [7, 11) is 0. The lowest BCUT2D eigenvalue weighted by Gasteiger charge is -2.61. The lowest BCUT2D eigenvalue weighted by molar-refractivity contribution is -0.159. The first-order valence-electron chi connectivity index (χ1n) is 13.8. The second kappa shape index (κ2) is 9.00. The molecule has 0 aromatic carbocycles. The first-order chi connectivity index (χ1) is 15.7. The predicted octanol–water partition coefficient (Wildman–Crippen LogP) is 7.71. The van der Waals surface area contributed by atoms with Gasteiger partial charge in [0.05, 0.1) is 5.76 Å². The van der Waals surface area contributed by atoms with Crippen molar-refractivity contribution in [1.29, 1.82) is 0 Å². The summed E-state index contributed by atoms with van der Waals surface area (Å²) in [6.07, 6.45) is 13.1. The summed E-state index contributed by atoms with van der Waals surface area (Å²) in [5.74, 6) is 5.93. The first kappa shape index (κ1) is 24.4. The molecule has 0 unspecified atom stereocenters. The Morgan fingerprint density at radius 1 is 1.12 bits per heavy atom. The van der Waals surface area contributed by atoms with Gasteiger partial charge in [-0.05, 0) is 111 Å². The maximum atomic E-state index is 11.5. The molecule has 4 aliphatic carbocycles. The first-order valence-corrected chi connectivity index (χ1v) is 15.3. The molecule has 0 amide bonds. The van der Waals surface area contributed by atoms with Gasteiger partial charge in [-0.25, -0.2) is 0 Å². The monoisotopic (exact) mass is 568 g/mol. The fraction of sp³-hybridized carbons (Fsp3) is 0.897. The van der Waals surface area contributed by atoms with Crippen LogP contribution in [0, 0.1) is 46.3 Å². The fourth-order valence-corrected chi connectivity index (χ4v) is 10.0. The normalized spacial score (nSPS) is 47.2. The molecular formula is C29H45IO3. The van der Waals surface area contributed by atoms with Crippen LogP contribution in [0.15, 0.2) is 11.3 Å². The van der Waals surface area contributed by atoms with Gasteiger partial charge >= 0.3 is 5.97 Å². The van der Waals surface area contributed by atoms with Crippen LogP contribution in [-0.2, 0) is 14.3 Å². The van der Waals surface area contributed by atoms with Crippen LogP contribution in [0.1, 0.15) is 98.8 Å². The van der Waals surface area contributed by atoms with E-state index in [1.54, 1.807) is 12.5 Å². The standard InChI is InChI=1S/C29H45IO3/c1-17(16-30)6-9-25-18(2)27-26(33-25)15-24-22-8-7-20-14-21(32-19(3)31)10-12-28(20,4)23(22)11-13-29(24,27)5/h17,20-24,26-27H,6-16H2,1-5H3/t17-,20+,21-,22+,23-,24-,26-,27-,28-,29-/m0/s1. The average molecular weight is 569 g/mol. The molecule has 1 aliphatic heterocycles. The minimum Gasteiger partial charge on any atom is -0.494 e. The van der Waals surface area contributed by atoms with Gasteiger partial charge in [0.2, 0.25) is 0 Å². The molecule has 0 aromatic rings. The van der Waals surface area contributed by atoms with Crippen molar-refractivity contribution in [3.05, 3.63) is 11.3 Å². The number of halogens is 1. The smallest absolute Gasteiger partial charge is 0.302 e. The van der Waals surface area contributed by atoms with Gasteiger partial charge in [-0.15, -0.1) is 0 Å². The van der Waals surface area contributed by atoms with Crippen LogP contribution in [0.3, 0.4) is 0 Å². The molecule has 186 valence electrons. The molecule has 0 aromatic heterocycles. The molecule has 1 heterocycles. The Morgan fingerprint density at radius 3 is 2.61 bits per heavy atom. The van der Waals surface area contributed by atoms with E-state index in [1.807, 2.05) is 0 Å². The van der Waals surface area contributed by atoms with Crippen LogP contribution in [0.5, 0.6) is 0 Å². The summed E-state index contributed by atoms with van der Waals surface area (Å²) in [6.45, 7) is 11.6. The summed E-state index contributed by atoms with van der Waals surface area (Å²) in [5.41, 5.74) is 2.46. The van der Waals surface area contributed by atoms with Gasteiger partial charge in [0.25, 0.3) is 0 Å². The fourth-order valence-electron chi connectivity index (χ4n) is 9.60. The summed E-state index contributed by atoms with van der Waals surface area (Å²) in [6, 6.07) is 0. The molecule has 5 aliphatic rings. The topological polar surface area (TPSA) is 35.5 Å². The molecule has 5 rings (SSSR count). The maximum Gasteiger partial charge on any atom is 0.302 e. The van der Waals surface area contributed by atoms with Crippen molar-refractivity contribution >= 4 is 28.6 Å². The number of allylic oxidation sites excluding steroid dienone is 1. The van der Waals surface area contributed by atoms with Crippen LogP contribution in [0.4, 0.5) is 0 Å². The number of carbonyl (C=O) groups is 1. The third kappa shape index (κ3) is 4.00. The Labute approximate surface area is 215 Å². The Hall–Kier alpha value is -0.260. The molecular weight excluding hydrogens is 523 g/mol. The second-order valence-electron chi connectivity index (χ2n) is 13.0. The molecule has 0 spiro atoms. The van der Waals surface area contributed by atoms with Crippen molar-refractivity contribution in [2.24, 2.45) is 46.3 Å². The van der Waals surface area contributed by atoms with Gasteiger partial charge in [0.15, 0.2) is 0 Å². The van der Waals surface area contributed by atoms with E-state index in [0.717, 1.165) is 48.9 Å². The molecule has 0 saturated heterocycles. The van der Waals surface area contributed by atoms with Gasteiger partial charge in [-0.3, -0.25) is 4.79 Å². The number of hydrogen-bond donors (Lipinski definition) is 0. The van der Waals surface area contributed by atoms with Gasteiger partial charge in [-0.2, -0.15) is 0 Å². The van der Waals surface area contributed by atoms with E-state index >= 15 is 0 Å². The zero-order valence-corrected chi connectivity index (χ0v) is 23.7. The molecule has 0 bridgehead atoms. The molecule has 3 nitrogen and oxygen atoms in total. The zero-order chi connectivity index (χ0) is 23.5. The highest BCUT2D eigenvalue weighted by Gasteiger charge is 2.64.